The predicted octanol–water partition coefficient (Wildman–Crippen LogP) is 5.30. The van der Waals surface area contributed by atoms with E-state index in [1.165, 1.54) is 0 Å². The Hall–Kier alpha value is -2.49. The summed E-state index contributed by atoms with van der Waals surface area (Å²) >= 11 is 0. The number of carbonyl (C=O) groups excluding carboxylic acids is 1. The summed E-state index contributed by atoms with van der Waals surface area (Å²) in [7, 11) is 0. The van der Waals surface area contributed by atoms with E-state index in [4.69, 9.17) is 9.47 Å². The Labute approximate surface area is 150 Å². The first-order valence-electron chi connectivity index (χ1n) is 8.73. The fourth-order valence-electron chi connectivity index (χ4n) is 2.64. The molecule has 0 saturated heterocycles. The molecule has 0 heterocycles. The monoisotopic (exact) mass is 341 g/mol. The molecular formula is C21H27NO3. The number of hydrogen-bond acceptors (Lipinski definition) is 4. The van der Waals surface area contributed by atoms with Crippen molar-refractivity contribution in [3.8, 4) is 0 Å². The number of ether oxygens (including phenoxy) is 2. The van der Waals surface area contributed by atoms with Gasteiger partial charge in [0.1, 0.15) is 5.76 Å². The Balaban J connectivity index is 2.12. The second kappa shape index (κ2) is 9.11. The van der Waals surface area contributed by atoms with E-state index in [-0.39, 0.29) is 5.78 Å². The summed E-state index contributed by atoms with van der Waals surface area (Å²) in [6.07, 6.45) is 6.46. The van der Waals surface area contributed by atoms with Crippen molar-refractivity contribution in [1.29, 1.82) is 0 Å². The van der Waals surface area contributed by atoms with E-state index in [1.807, 2.05) is 45.0 Å². The lowest BCUT2D eigenvalue weighted by Crippen LogP contribution is -2.14. The zero-order valence-electron chi connectivity index (χ0n) is 15.5. The van der Waals surface area contributed by atoms with E-state index >= 15 is 0 Å². The molecule has 1 aliphatic carbocycles. The molecule has 134 valence electrons. The van der Waals surface area contributed by atoms with Crippen LogP contribution in [0.15, 0.2) is 48.1 Å². The summed E-state index contributed by atoms with van der Waals surface area (Å²) in [4.78, 5) is 12.5. The zero-order chi connectivity index (χ0) is 18.2. The van der Waals surface area contributed by atoms with E-state index < -0.39 is 0 Å². The van der Waals surface area contributed by atoms with Crippen LogP contribution < -0.4 is 5.32 Å². The first-order chi connectivity index (χ1) is 12.1. The predicted molar refractivity (Wildman–Crippen MR) is 102 cm³/mol. The Bertz CT molecular complexity index is 714. The Morgan fingerprint density at radius 1 is 1.32 bits per heavy atom. The highest BCUT2D eigenvalue weighted by Crippen LogP contribution is 2.33. The number of ketones is 1. The Morgan fingerprint density at radius 3 is 2.84 bits per heavy atom. The third-order valence-electron chi connectivity index (χ3n) is 4.00. The van der Waals surface area contributed by atoms with Crippen LogP contribution >= 0.6 is 0 Å². The summed E-state index contributed by atoms with van der Waals surface area (Å²) in [5, 5.41) is 3.33. The molecule has 0 bridgehead atoms. The fraction of sp³-hybridized carbons (Fsp3) is 0.381. The smallest absolute Gasteiger partial charge is 0.171 e. The lowest BCUT2D eigenvalue weighted by molar-refractivity contribution is 0.0957. The van der Waals surface area contributed by atoms with Gasteiger partial charge in [0.05, 0.1) is 25.6 Å². The van der Waals surface area contributed by atoms with Crippen LogP contribution in [0.1, 0.15) is 56.5 Å². The van der Waals surface area contributed by atoms with Crippen molar-refractivity contribution in [2.45, 2.75) is 40.5 Å². The van der Waals surface area contributed by atoms with Crippen LogP contribution in [0.2, 0.25) is 0 Å². The molecule has 0 aromatic heterocycles. The number of benzene rings is 1. The van der Waals surface area contributed by atoms with Crippen molar-refractivity contribution >= 4 is 17.0 Å². The highest BCUT2D eigenvalue weighted by atomic mass is 16.5. The van der Waals surface area contributed by atoms with Crippen LogP contribution in [-0.2, 0) is 9.47 Å². The summed E-state index contributed by atoms with van der Waals surface area (Å²) in [5.41, 5.74) is 4.78. The fourth-order valence-corrected chi connectivity index (χ4v) is 2.64. The molecule has 2 rings (SSSR count). The minimum Gasteiger partial charge on any atom is -0.497 e. The molecule has 0 aliphatic heterocycles. The maximum absolute atomic E-state index is 12.5. The average molecular weight is 341 g/mol. The van der Waals surface area contributed by atoms with Crippen molar-refractivity contribution < 1.29 is 14.3 Å². The van der Waals surface area contributed by atoms with Gasteiger partial charge in [-0.3, -0.25) is 4.79 Å². The number of allylic oxidation sites excluding steroid dienone is 3. The molecular weight excluding hydrogens is 314 g/mol. The molecule has 0 fully saturated rings. The van der Waals surface area contributed by atoms with Gasteiger partial charge < -0.3 is 14.8 Å². The first kappa shape index (κ1) is 18.8. The molecule has 0 unspecified atom stereocenters. The largest absolute Gasteiger partial charge is 0.497 e. The molecule has 4 heteroatoms. The summed E-state index contributed by atoms with van der Waals surface area (Å²) in [6, 6.07) is 5.92. The van der Waals surface area contributed by atoms with E-state index in [2.05, 4.69) is 12.2 Å². The van der Waals surface area contributed by atoms with Crippen molar-refractivity contribution in [2.24, 2.45) is 0 Å². The highest BCUT2D eigenvalue weighted by molar-refractivity contribution is 6.06. The van der Waals surface area contributed by atoms with Gasteiger partial charge in [-0.2, -0.15) is 0 Å². The second-order valence-corrected chi connectivity index (χ2v) is 6.18. The number of fused-ring (bicyclic) bond motifs is 1. The van der Waals surface area contributed by atoms with Gasteiger partial charge in [0.15, 0.2) is 5.78 Å². The maximum Gasteiger partial charge on any atom is 0.171 e. The molecule has 1 aromatic carbocycles. The number of nitrogens with one attached hydrogen (secondary N) is 1. The molecule has 0 spiro atoms. The molecule has 4 nitrogen and oxygen atoms in total. The van der Waals surface area contributed by atoms with Gasteiger partial charge in [0, 0.05) is 17.8 Å². The molecule has 0 saturated carbocycles. The lowest BCUT2D eigenvalue weighted by atomic mass is 9.89. The molecule has 1 aliphatic rings. The average Bonchev–Trinajstić information content (AvgIpc) is 2.62. The highest BCUT2D eigenvalue weighted by Gasteiger charge is 2.24. The van der Waals surface area contributed by atoms with Crippen LogP contribution in [0.3, 0.4) is 0 Å². The van der Waals surface area contributed by atoms with E-state index in [9.17, 15) is 4.79 Å². The Morgan fingerprint density at radius 2 is 2.12 bits per heavy atom. The third kappa shape index (κ3) is 4.99. The van der Waals surface area contributed by atoms with Crippen LogP contribution in [0.4, 0.5) is 5.69 Å². The van der Waals surface area contributed by atoms with Crippen LogP contribution in [-0.4, -0.2) is 18.9 Å². The van der Waals surface area contributed by atoms with Crippen molar-refractivity contribution in [1.82, 2.24) is 0 Å². The van der Waals surface area contributed by atoms with Crippen molar-refractivity contribution in [2.75, 3.05) is 18.5 Å². The summed E-state index contributed by atoms with van der Waals surface area (Å²) in [6.45, 7) is 9.28. The molecule has 0 radical (unpaired) electrons. The van der Waals surface area contributed by atoms with Crippen LogP contribution in [0, 0.1) is 0 Å². The van der Waals surface area contributed by atoms with E-state index in [1.54, 1.807) is 12.5 Å². The molecule has 1 aromatic rings. The van der Waals surface area contributed by atoms with E-state index in [0.717, 1.165) is 40.1 Å². The van der Waals surface area contributed by atoms with Gasteiger partial charge in [-0.1, -0.05) is 19.1 Å². The van der Waals surface area contributed by atoms with Gasteiger partial charge in [-0.25, -0.2) is 0 Å². The van der Waals surface area contributed by atoms with Gasteiger partial charge in [0.2, 0.25) is 0 Å². The molecule has 0 atom stereocenters. The zero-order valence-corrected chi connectivity index (χ0v) is 15.5. The van der Waals surface area contributed by atoms with Gasteiger partial charge in [-0.15, -0.1) is 0 Å². The third-order valence-corrected chi connectivity index (χ3v) is 4.00. The van der Waals surface area contributed by atoms with Crippen LogP contribution in [0.5, 0.6) is 0 Å². The maximum atomic E-state index is 12.5. The van der Waals surface area contributed by atoms with Gasteiger partial charge in [-0.05, 0) is 56.0 Å². The summed E-state index contributed by atoms with van der Waals surface area (Å²) in [5.74, 6) is 0.916. The van der Waals surface area contributed by atoms with Gasteiger partial charge in [0.25, 0.3) is 0 Å². The Kier molecular flexibility index (Phi) is 6.87. The SMILES string of the molecule is C/C=C\O/C=C(\C)CNc1ccc2c(c1)C(=O)CC(OCCC)=C2C. The van der Waals surface area contributed by atoms with Crippen molar-refractivity contribution in [3.63, 3.8) is 0 Å². The molecule has 0 amide bonds. The van der Waals surface area contributed by atoms with Gasteiger partial charge >= 0.3 is 0 Å². The first-order valence-corrected chi connectivity index (χ1v) is 8.73. The minimum absolute atomic E-state index is 0.110. The number of carbonyl (C=O) groups is 1. The normalized spacial score (nSPS) is 14.7. The quantitative estimate of drug-likeness (QED) is 0.652. The van der Waals surface area contributed by atoms with Crippen LogP contribution in [0.25, 0.3) is 5.57 Å². The number of anilines is 1. The molecule has 1 N–H and O–H groups in total. The second-order valence-electron chi connectivity index (χ2n) is 6.18. The topological polar surface area (TPSA) is 47.6 Å². The summed E-state index contributed by atoms with van der Waals surface area (Å²) < 4.78 is 11.0. The minimum atomic E-state index is 0.110. The molecule has 25 heavy (non-hydrogen) atoms. The lowest BCUT2D eigenvalue weighted by Gasteiger charge is -2.21. The standard InChI is InChI=1S/C21H27NO3/c1-5-9-24-14-15(3)13-22-17-7-8-18-16(4)21(25-10-6-2)12-20(23)19(18)11-17/h5,7-9,11,14,22H,6,10,12-13H2,1-4H3/b9-5-,15-14+. The number of Topliss-reactive ketones (excluding diaryl/α,β-unsaturated/α-hetero) is 1. The number of hydrogen-bond donors (Lipinski definition) is 1. The number of rotatable bonds is 8. The van der Waals surface area contributed by atoms with Crippen molar-refractivity contribution in [3.05, 3.63) is 59.3 Å². The van der Waals surface area contributed by atoms with E-state index in [0.29, 0.717) is 19.6 Å².